The Morgan fingerprint density at radius 1 is 1.19 bits per heavy atom. The van der Waals surface area contributed by atoms with Crippen molar-refractivity contribution in [3.63, 3.8) is 0 Å². The smallest absolute Gasteiger partial charge is 0.319 e. The van der Waals surface area contributed by atoms with Crippen molar-refractivity contribution in [1.29, 1.82) is 0 Å². The highest BCUT2D eigenvalue weighted by atomic mass is 35.5. The lowest BCUT2D eigenvalue weighted by Crippen LogP contribution is -2.42. The molecule has 0 atom stereocenters. The van der Waals surface area contributed by atoms with Crippen molar-refractivity contribution >= 4 is 33.3 Å². The molecular formula is C18H21ClN4O3S. The van der Waals surface area contributed by atoms with Crippen LogP contribution in [0.3, 0.4) is 0 Å². The fourth-order valence-electron chi connectivity index (χ4n) is 2.95. The first-order valence-corrected chi connectivity index (χ1v) is 10.5. The van der Waals surface area contributed by atoms with Crippen LogP contribution in [0.5, 0.6) is 0 Å². The number of sulfonamides is 1. The molecule has 7 nitrogen and oxygen atoms in total. The number of benzene rings is 1. The van der Waals surface area contributed by atoms with Crippen LogP contribution in [0.4, 0.5) is 10.5 Å². The van der Waals surface area contributed by atoms with E-state index < -0.39 is 10.0 Å². The van der Waals surface area contributed by atoms with Gasteiger partial charge in [0.2, 0.25) is 10.0 Å². The van der Waals surface area contributed by atoms with E-state index in [4.69, 9.17) is 11.6 Å². The third kappa shape index (κ3) is 5.18. The van der Waals surface area contributed by atoms with Crippen LogP contribution in [0.2, 0.25) is 5.02 Å². The molecule has 1 aliphatic rings. The van der Waals surface area contributed by atoms with Crippen molar-refractivity contribution in [2.24, 2.45) is 5.92 Å². The number of anilines is 1. The highest BCUT2D eigenvalue weighted by molar-refractivity contribution is 7.89. The molecule has 0 aliphatic carbocycles. The third-order valence-electron chi connectivity index (χ3n) is 4.50. The number of aromatic nitrogens is 1. The fraction of sp³-hybridized carbons (Fsp3) is 0.333. The first-order chi connectivity index (χ1) is 12.9. The van der Waals surface area contributed by atoms with E-state index in [0.29, 0.717) is 43.2 Å². The largest absolute Gasteiger partial charge is 0.338 e. The molecule has 3 rings (SSSR count). The molecule has 1 aliphatic heterocycles. The summed E-state index contributed by atoms with van der Waals surface area (Å²) in [6.45, 7) is 1.37. The molecule has 0 radical (unpaired) electrons. The highest BCUT2D eigenvalue weighted by Crippen LogP contribution is 2.23. The monoisotopic (exact) mass is 408 g/mol. The molecule has 2 amide bonds. The molecule has 1 saturated heterocycles. The van der Waals surface area contributed by atoms with Gasteiger partial charge in [-0.25, -0.2) is 13.2 Å². The quantitative estimate of drug-likeness (QED) is 0.795. The number of nitrogens with zero attached hydrogens (tertiary/aromatic N) is 2. The van der Waals surface area contributed by atoms with Gasteiger partial charge in [-0.05, 0) is 55.2 Å². The Morgan fingerprint density at radius 2 is 1.89 bits per heavy atom. The van der Waals surface area contributed by atoms with Crippen molar-refractivity contribution in [1.82, 2.24) is 14.6 Å². The molecule has 1 aromatic heterocycles. The summed E-state index contributed by atoms with van der Waals surface area (Å²) in [5.74, 6) is 0.237. The number of halogens is 1. The maximum absolute atomic E-state index is 12.6. The zero-order valence-electron chi connectivity index (χ0n) is 14.6. The average Bonchev–Trinajstić information content (AvgIpc) is 2.69. The first-order valence-electron chi connectivity index (χ1n) is 8.66. The number of hydrogen-bond donors (Lipinski definition) is 2. The summed E-state index contributed by atoms with van der Waals surface area (Å²) in [6.07, 6.45) is 4.30. The van der Waals surface area contributed by atoms with E-state index in [1.165, 1.54) is 10.5 Å². The number of hydrogen-bond acceptors (Lipinski definition) is 4. The minimum atomic E-state index is -3.50. The second-order valence-corrected chi connectivity index (χ2v) is 8.75. The Bertz CT molecular complexity index is 867. The van der Waals surface area contributed by atoms with Crippen molar-refractivity contribution < 1.29 is 13.2 Å². The summed E-state index contributed by atoms with van der Waals surface area (Å²) in [5, 5.41) is 6.19. The molecule has 2 N–H and O–H groups in total. The van der Waals surface area contributed by atoms with Crippen molar-refractivity contribution in [2.75, 3.05) is 25.0 Å². The van der Waals surface area contributed by atoms with Crippen LogP contribution in [0, 0.1) is 5.92 Å². The van der Waals surface area contributed by atoms with Crippen LogP contribution in [-0.4, -0.2) is 43.4 Å². The number of amides is 2. The van der Waals surface area contributed by atoms with Crippen LogP contribution in [0.25, 0.3) is 0 Å². The Morgan fingerprint density at radius 3 is 2.52 bits per heavy atom. The SMILES string of the molecule is O=C(NCC1CCN(S(=O)(=O)c2cccnc2)CC1)Nc1ccc(Cl)cc1. The molecule has 144 valence electrons. The molecule has 1 fully saturated rings. The van der Waals surface area contributed by atoms with Gasteiger partial charge in [-0.1, -0.05) is 11.6 Å². The van der Waals surface area contributed by atoms with E-state index >= 15 is 0 Å². The predicted molar refractivity (Wildman–Crippen MR) is 104 cm³/mol. The topological polar surface area (TPSA) is 91.4 Å². The van der Waals surface area contributed by atoms with Gasteiger partial charge >= 0.3 is 6.03 Å². The summed E-state index contributed by atoms with van der Waals surface area (Å²) in [4.78, 5) is 16.1. The zero-order chi connectivity index (χ0) is 19.3. The number of carbonyl (C=O) groups excluding carboxylic acids is 1. The minimum absolute atomic E-state index is 0.212. The van der Waals surface area contributed by atoms with E-state index in [2.05, 4.69) is 15.6 Å². The Kier molecular flexibility index (Phi) is 6.30. The van der Waals surface area contributed by atoms with Gasteiger partial charge in [0.05, 0.1) is 0 Å². The number of urea groups is 1. The first kappa shape index (κ1) is 19.6. The molecule has 2 heterocycles. The Labute approximate surface area is 163 Å². The average molecular weight is 409 g/mol. The summed E-state index contributed by atoms with van der Waals surface area (Å²) >= 11 is 5.82. The lowest BCUT2D eigenvalue weighted by Gasteiger charge is -2.31. The van der Waals surface area contributed by atoms with E-state index in [-0.39, 0.29) is 16.8 Å². The lowest BCUT2D eigenvalue weighted by atomic mass is 9.98. The van der Waals surface area contributed by atoms with Gasteiger partial charge in [-0.2, -0.15) is 4.31 Å². The molecule has 2 aromatic rings. The maximum atomic E-state index is 12.6. The number of rotatable bonds is 5. The van der Waals surface area contributed by atoms with E-state index in [1.807, 2.05) is 0 Å². The minimum Gasteiger partial charge on any atom is -0.338 e. The molecule has 27 heavy (non-hydrogen) atoms. The molecule has 0 spiro atoms. The summed E-state index contributed by atoms with van der Waals surface area (Å²) in [6, 6.07) is 9.74. The van der Waals surface area contributed by atoms with E-state index in [1.54, 1.807) is 42.6 Å². The second-order valence-electron chi connectivity index (χ2n) is 6.38. The Balaban J connectivity index is 1.45. The summed E-state index contributed by atoms with van der Waals surface area (Å²) in [5.41, 5.74) is 0.661. The van der Waals surface area contributed by atoms with Crippen molar-refractivity contribution in [2.45, 2.75) is 17.7 Å². The lowest BCUT2D eigenvalue weighted by molar-refractivity contribution is 0.240. The van der Waals surface area contributed by atoms with Crippen LogP contribution in [-0.2, 0) is 10.0 Å². The fourth-order valence-corrected chi connectivity index (χ4v) is 4.51. The van der Waals surface area contributed by atoms with Gasteiger partial charge < -0.3 is 10.6 Å². The van der Waals surface area contributed by atoms with Gasteiger partial charge in [0.25, 0.3) is 0 Å². The standard InChI is InChI=1S/C18H21ClN4O3S/c19-15-3-5-16(6-4-15)22-18(24)21-12-14-7-10-23(11-8-14)27(25,26)17-2-1-9-20-13-17/h1-6,9,13-14H,7-8,10-12H2,(H2,21,22,24). The number of pyridine rings is 1. The zero-order valence-corrected chi connectivity index (χ0v) is 16.2. The van der Waals surface area contributed by atoms with Crippen LogP contribution >= 0.6 is 11.6 Å². The van der Waals surface area contributed by atoms with Crippen molar-refractivity contribution in [3.8, 4) is 0 Å². The van der Waals surface area contributed by atoms with Gasteiger partial charge in [-0.3, -0.25) is 4.98 Å². The predicted octanol–water partition coefficient (Wildman–Crippen LogP) is 2.96. The molecule has 0 unspecified atom stereocenters. The van der Waals surface area contributed by atoms with Gasteiger partial charge in [0.1, 0.15) is 4.90 Å². The molecular weight excluding hydrogens is 388 g/mol. The number of carbonyl (C=O) groups is 1. The van der Waals surface area contributed by atoms with Crippen LogP contribution in [0.15, 0.2) is 53.7 Å². The number of nitrogens with one attached hydrogen (secondary N) is 2. The molecule has 9 heteroatoms. The van der Waals surface area contributed by atoms with Crippen LogP contribution in [0.1, 0.15) is 12.8 Å². The van der Waals surface area contributed by atoms with Gasteiger partial charge in [0.15, 0.2) is 0 Å². The molecule has 0 saturated carbocycles. The summed E-state index contributed by atoms with van der Waals surface area (Å²) < 4.78 is 26.6. The maximum Gasteiger partial charge on any atom is 0.319 e. The molecule has 0 bridgehead atoms. The summed E-state index contributed by atoms with van der Waals surface area (Å²) in [7, 11) is -3.50. The van der Waals surface area contributed by atoms with Crippen LogP contribution < -0.4 is 10.6 Å². The van der Waals surface area contributed by atoms with Gasteiger partial charge in [0, 0.05) is 42.7 Å². The number of piperidine rings is 1. The van der Waals surface area contributed by atoms with Gasteiger partial charge in [-0.15, -0.1) is 0 Å². The Hall–Kier alpha value is -2.16. The normalized spacial score (nSPS) is 16.0. The highest BCUT2D eigenvalue weighted by Gasteiger charge is 2.29. The van der Waals surface area contributed by atoms with E-state index in [9.17, 15) is 13.2 Å². The van der Waals surface area contributed by atoms with Crippen molar-refractivity contribution in [3.05, 3.63) is 53.8 Å². The van der Waals surface area contributed by atoms with E-state index in [0.717, 1.165) is 0 Å². The molecule has 1 aromatic carbocycles. The second kappa shape index (κ2) is 8.69. The third-order valence-corrected chi connectivity index (χ3v) is 6.63.